The van der Waals surface area contributed by atoms with Gasteiger partial charge in [0, 0.05) is 17.8 Å². The number of nitrogens with one attached hydrogen (secondary N) is 2. The highest BCUT2D eigenvalue weighted by molar-refractivity contribution is 5.62. The van der Waals surface area contributed by atoms with Gasteiger partial charge in [0.25, 0.3) is 0 Å². The third-order valence-corrected chi connectivity index (χ3v) is 3.24. The molecule has 0 unspecified atom stereocenters. The number of aromatic nitrogens is 2. The predicted octanol–water partition coefficient (Wildman–Crippen LogP) is 1.76. The molecule has 2 heterocycles. The van der Waals surface area contributed by atoms with Crippen molar-refractivity contribution in [1.82, 2.24) is 15.3 Å². The van der Waals surface area contributed by atoms with Crippen LogP contribution < -0.4 is 16.4 Å². The van der Waals surface area contributed by atoms with Crippen LogP contribution in [-0.2, 0) is 13.0 Å². The Morgan fingerprint density at radius 1 is 1.32 bits per heavy atom. The molecule has 0 saturated heterocycles. The minimum Gasteiger partial charge on any atom is -0.368 e. The molecule has 0 fully saturated rings. The van der Waals surface area contributed by atoms with E-state index in [1.807, 2.05) is 12.1 Å². The molecule has 0 amide bonds. The summed E-state index contributed by atoms with van der Waals surface area (Å²) in [6.45, 7) is 3.77. The third kappa shape index (κ3) is 2.51. The lowest BCUT2D eigenvalue weighted by Gasteiger charge is -2.20. The van der Waals surface area contributed by atoms with Crippen molar-refractivity contribution >= 4 is 17.5 Å². The molecule has 5 nitrogen and oxygen atoms in total. The molecule has 0 spiro atoms. The van der Waals surface area contributed by atoms with Crippen LogP contribution >= 0.6 is 0 Å². The van der Waals surface area contributed by atoms with E-state index in [2.05, 4.69) is 39.7 Å². The quantitative estimate of drug-likeness (QED) is 0.762. The first-order valence-electron chi connectivity index (χ1n) is 6.42. The van der Waals surface area contributed by atoms with Gasteiger partial charge in [-0.3, -0.25) is 0 Å². The van der Waals surface area contributed by atoms with E-state index in [-0.39, 0.29) is 0 Å². The highest BCUT2D eigenvalue weighted by Crippen LogP contribution is 2.24. The number of aryl methyl sites for hydroxylation is 1. The Hall–Kier alpha value is -2.14. The normalized spacial score (nSPS) is 13.9. The largest absolute Gasteiger partial charge is 0.368 e. The van der Waals surface area contributed by atoms with Crippen molar-refractivity contribution in [3.8, 4) is 0 Å². The first-order valence-corrected chi connectivity index (χ1v) is 6.42. The van der Waals surface area contributed by atoms with Crippen LogP contribution in [0.25, 0.3) is 0 Å². The predicted molar refractivity (Wildman–Crippen MR) is 76.3 cm³/mol. The second kappa shape index (κ2) is 4.85. The van der Waals surface area contributed by atoms with E-state index >= 15 is 0 Å². The zero-order valence-electron chi connectivity index (χ0n) is 10.9. The highest BCUT2D eigenvalue weighted by Gasteiger charge is 2.16. The van der Waals surface area contributed by atoms with Crippen molar-refractivity contribution in [2.45, 2.75) is 19.9 Å². The van der Waals surface area contributed by atoms with Crippen molar-refractivity contribution in [3.05, 3.63) is 41.1 Å². The number of fused-ring (bicyclic) bond motifs is 1. The zero-order valence-corrected chi connectivity index (χ0v) is 10.9. The van der Waals surface area contributed by atoms with Gasteiger partial charge in [-0.25, -0.2) is 4.98 Å². The standard InChI is InChI=1S/C14H17N5/c1-9-3-2-4-10(7-9)17-13-11-5-6-16-8-12(11)18-14(15)19-13/h2-4,7,16H,5-6,8H2,1H3,(H3,15,17,18,19). The van der Waals surface area contributed by atoms with Gasteiger partial charge >= 0.3 is 0 Å². The smallest absolute Gasteiger partial charge is 0.222 e. The van der Waals surface area contributed by atoms with Crippen LogP contribution in [-0.4, -0.2) is 16.5 Å². The Kier molecular flexibility index (Phi) is 3.05. The fourth-order valence-corrected chi connectivity index (χ4v) is 2.34. The van der Waals surface area contributed by atoms with Crippen LogP contribution in [0.3, 0.4) is 0 Å². The molecule has 1 aliphatic rings. The summed E-state index contributed by atoms with van der Waals surface area (Å²) in [6, 6.07) is 8.21. The lowest BCUT2D eigenvalue weighted by atomic mass is 10.1. The summed E-state index contributed by atoms with van der Waals surface area (Å²) in [5.74, 6) is 1.15. The van der Waals surface area contributed by atoms with Gasteiger partial charge in [-0.1, -0.05) is 12.1 Å². The first kappa shape index (κ1) is 11.9. The maximum atomic E-state index is 5.78. The molecule has 1 aromatic carbocycles. The van der Waals surface area contributed by atoms with Crippen molar-refractivity contribution in [3.63, 3.8) is 0 Å². The first-order chi connectivity index (χ1) is 9.22. The van der Waals surface area contributed by atoms with Crippen molar-refractivity contribution in [2.75, 3.05) is 17.6 Å². The van der Waals surface area contributed by atoms with Gasteiger partial charge < -0.3 is 16.4 Å². The Bertz CT molecular complexity index is 609. The summed E-state index contributed by atoms with van der Waals surface area (Å²) >= 11 is 0. The van der Waals surface area contributed by atoms with Gasteiger partial charge in [0.05, 0.1) is 5.69 Å². The number of hydrogen-bond donors (Lipinski definition) is 3. The number of hydrogen-bond acceptors (Lipinski definition) is 5. The maximum Gasteiger partial charge on any atom is 0.222 e. The van der Waals surface area contributed by atoms with Crippen LogP contribution in [0.5, 0.6) is 0 Å². The monoisotopic (exact) mass is 255 g/mol. The molecule has 1 aliphatic heterocycles. The average molecular weight is 255 g/mol. The van der Waals surface area contributed by atoms with E-state index in [0.717, 1.165) is 42.3 Å². The van der Waals surface area contributed by atoms with Gasteiger partial charge in [-0.2, -0.15) is 4.98 Å². The molecule has 4 N–H and O–H groups in total. The van der Waals surface area contributed by atoms with E-state index in [1.165, 1.54) is 5.56 Å². The molecule has 5 heteroatoms. The molecular weight excluding hydrogens is 238 g/mol. The summed E-state index contributed by atoms with van der Waals surface area (Å²) in [5.41, 5.74) is 10.2. The molecule has 0 atom stereocenters. The second-order valence-electron chi connectivity index (χ2n) is 4.78. The zero-order chi connectivity index (χ0) is 13.2. The fraction of sp³-hybridized carbons (Fsp3) is 0.286. The SMILES string of the molecule is Cc1cccc(Nc2nc(N)nc3c2CCNC3)c1. The Morgan fingerprint density at radius 2 is 2.21 bits per heavy atom. The van der Waals surface area contributed by atoms with Gasteiger partial charge in [0.1, 0.15) is 5.82 Å². The molecule has 0 radical (unpaired) electrons. The third-order valence-electron chi connectivity index (χ3n) is 3.24. The number of anilines is 3. The highest BCUT2D eigenvalue weighted by atomic mass is 15.1. The molecular formula is C14H17N5. The second-order valence-corrected chi connectivity index (χ2v) is 4.78. The van der Waals surface area contributed by atoms with Crippen molar-refractivity contribution in [2.24, 2.45) is 0 Å². The summed E-state index contributed by atoms with van der Waals surface area (Å²) in [4.78, 5) is 8.64. The van der Waals surface area contributed by atoms with Gasteiger partial charge in [-0.15, -0.1) is 0 Å². The molecule has 2 aromatic rings. The topological polar surface area (TPSA) is 75.9 Å². The number of nitrogens with two attached hydrogens (primary N) is 1. The number of nitrogen functional groups attached to an aromatic ring is 1. The van der Waals surface area contributed by atoms with E-state index < -0.39 is 0 Å². The molecule has 1 aromatic heterocycles. The van der Waals surface area contributed by atoms with E-state index in [0.29, 0.717) is 5.95 Å². The average Bonchev–Trinajstić information content (AvgIpc) is 2.38. The summed E-state index contributed by atoms with van der Waals surface area (Å²) < 4.78 is 0. The van der Waals surface area contributed by atoms with Crippen LogP contribution in [0.2, 0.25) is 0 Å². The minimum atomic E-state index is 0.317. The van der Waals surface area contributed by atoms with Crippen LogP contribution in [0.15, 0.2) is 24.3 Å². The molecule has 0 aliphatic carbocycles. The molecule has 19 heavy (non-hydrogen) atoms. The molecule has 0 bridgehead atoms. The van der Waals surface area contributed by atoms with Gasteiger partial charge in [-0.05, 0) is 37.6 Å². The number of benzene rings is 1. The maximum absolute atomic E-state index is 5.78. The van der Waals surface area contributed by atoms with Crippen LogP contribution in [0.4, 0.5) is 17.5 Å². The Balaban J connectivity index is 1.98. The number of rotatable bonds is 2. The van der Waals surface area contributed by atoms with Crippen LogP contribution in [0.1, 0.15) is 16.8 Å². The van der Waals surface area contributed by atoms with Gasteiger partial charge in [0.15, 0.2) is 0 Å². The van der Waals surface area contributed by atoms with Gasteiger partial charge in [0.2, 0.25) is 5.95 Å². The fourth-order valence-electron chi connectivity index (χ4n) is 2.34. The van der Waals surface area contributed by atoms with Crippen molar-refractivity contribution in [1.29, 1.82) is 0 Å². The minimum absolute atomic E-state index is 0.317. The molecule has 98 valence electrons. The Morgan fingerprint density at radius 3 is 3.05 bits per heavy atom. The summed E-state index contributed by atoms with van der Waals surface area (Å²) in [7, 11) is 0. The summed E-state index contributed by atoms with van der Waals surface area (Å²) in [5, 5.41) is 6.65. The summed E-state index contributed by atoms with van der Waals surface area (Å²) in [6.07, 6.45) is 0.920. The van der Waals surface area contributed by atoms with Crippen molar-refractivity contribution < 1.29 is 0 Å². The number of nitrogens with zero attached hydrogens (tertiary/aromatic N) is 2. The lowest BCUT2D eigenvalue weighted by molar-refractivity contribution is 0.626. The van der Waals surface area contributed by atoms with E-state index in [1.54, 1.807) is 0 Å². The lowest BCUT2D eigenvalue weighted by Crippen LogP contribution is -2.26. The van der Waals surface area contributed by atoms with E-state index in [9.17, 15) is 0 Å². The molecule has 0 saturated carbocycles. The molecule has 3 rings (SSSR count). The van der Waals surface area contributed by atoms with E-state index in [4.69, 9.17) is 5.73 Å². The van der Waals surface area contributed by atoms with Crippen LogP contribution in [0, 0.1) is 6.92 Å². The Labute approximate surface area is 112 Å².